The number of amides is 2. The lowest BCUT2D eigenvalue weighted by Crippen LogP contribution is -2.49. The van der Waals surface area contributed by atoms with Gasteiger partial charge in [-0.2, -0.15) is 0 Å². The Labute approximate surface area is 180 Å². The first-order valence-electron chi connectivity index (χ1n) is 10.5. The third-order valence-corrected chi connectivity index (χ3v) is 6.05. The van der Waals surface area contributed by atoms with E-state index < -0.39 is 5.60 Å². The van der Waals surface area contributed by atoms with E-state index in [4.69, 9.17) is 4.74 Å². The number of nitrogens with one attached hydrogen (secondary N) is 2. The molecule has 2 aromatic carbocycles. The third-order valence-electron chi connectivity index (χ3n) is 6.05. The van der Waals surface area contributed by atoms with E-state index in [1.165, 1.54) is 17.2 Å². The van der Waals surface area contributed by atoms with Crippen LogP contribution in [-0.4, -0.2) is 34.0 Å². The molecule has 0 bridgehead atoms. The fourth-order valence-corrected chi connectivity index (χ4v) is 4.57. The van der Waals surface area contributed by atoms with Crippen molar-refractivity contribution in [2.24, 2.45) is 0 Å². The first kappa shape index (κ1) is 19.5. The highest BCUT2D eigenvalue weighted by Gasteiger charge is 2.44. The van der Waals surface area contributed by atoms with Gasteiger partial charge in [-0.3, -0.25) is 4.79 Å². The number of H-pyrrole nitrogens is 1. The van der Waals surface area contributed by atoms with Gasteiger partial charge < -0.3 is 19.9 Å². The molecule has 7 nitrogen and oxygen atoms in total. The molecule has 2 aliphatic heterocycles. The number of benzene rings is 2. The van der Waals surface area contributed by atoms with Gasteiger partial charge in [-0.25, -0.2) is 9.78 Å². The van der Waals surface area contributed by atoms with E-state index in [1.54, 1.807) is 6.92 Å². The highest BCUT2D eigenvalue weighted by atomic mass is 16.5. The zero-order valence-corrected chi connectivity index (χ0v) is 17.4. The van der Waals surface area contributed by atoms with Crippen molar-refractivity contribution in [1.29, 1.82) is 0 Å². The van der Waals surface area contributed by atoms with Gasteiger partial charge in [0.15, 0.2) is 0 Å². The van der Waals surface area contributed by atoms with E-state index in [0.29, 0.717) is 36.9 Å². The smallest absolute Gasteiger partial charge is 0.321 e. The lowest BCUT2D eigenvalue weighted by atomic mass is 9.85. The van der Waals surface area contributed by atoms with Crippen molar-refractivity contribution in [2.75, 3.05) is 18.4 Å². The monoisotopic (exact) mass is 416 g/mol. The molecule has 2 amide bonds. The van der Waals surface area contributed by atoms with Crippen LogP contribution in [0.2, 0.25) is 0 Å². The number of aryl methyl sites for hydroxylation is 1. The van der Waals surface area contributed by atoms with Gasteiger partial charge in [0.25, 0.3) is 5.56 Å². The molecule has 0 aliphatic carbocycles. The van der Waals surface area contributed by atoms with Crippen LogP contribution in [0.5, 0.6) is 0 Å². The van der Waals surface area contributed by atoms with Crippen LogP contribution in [0.15, 0.2) is 59.4 Å². The maximum Gasteiger partial charge on any atom is 0.321 e. The van der Waals surface area contributed by atoms with Crippen LogP contribution < -0.4 is 10.9 Å². The van der Waals surface area contributed by atoms with E-state index in [2.05, 4.69) is 27.4 Å². The Morgan fingerprint density at radius 2 is 2.00 bits per heavy atom. The Kier molecular flexibility index (Phi) is 4.82. The first-order chi connectivity index (χ1) is 15.0. The standard InChI is InChI=1S/C24H24N4O3/c1-16-25-21(13-22(29)26-16)17-7-9-19(10-8-17)27-23(30)28-12-4-11-24(15-28)20-6-3-2-5-18(20)14-31-24/h2-3,5-10,13H,4,11-12,14-15H2,1H3,(H,27,30)(H,25,26,29). The minimum atomic E-state index is -0.403. The molecule has 5 rings (SSSR count). The van der Waals surface area contributed by atoms with Gasteiger partial charge in [0.1, 0.15) is 11.4 Å². The average Bonchev–Trinajstić information content (AvgIpc) is 3.11. The van der Waals surface area contributed by atoms with Crippen molar-refractivity contribution in [3.63, 3.8) is 0 Å². The normalized spacial score (nSPS) is 20.0. The number of rotatable bonds is 2. The van der Waals surface area contributed by atoms with E-state index in [-0.39, 0.29) is 11.6 Å². The summed E-state index contributed by atoms with van der Waals surface area (Å²) in [6.45, 7) is 3.59. The molecule has 1 spiro atoms. The van der Waals surface area contributed by atoms with Crippen LogP contribution in [-0.2, 0) is 16.9 Å². The molecule has 0 saturated carbocycles. The maximum atomic E-state index is 13.0. The van der Waals surface area contributed by atoms with Crippen LogP contribution in [0.4, 0.5) is 10.5 Å². The number of hydrogen-bond acceptors (Lipinski definition) is 4. The molecule has 7 heteroatoms. The number of aromatic amines is 1. The minimum absolute atomic E-state index is 0.134. The fourth-order valence-electron chi connectivity index (χ4n) is 4.57. The van der Waals surface area contributed by atoms with Gasteiger partial charge in [-0.1, -0.05) is 36.4 Å². The van der Waals surface area contributed by atoms with Crippen molar-refractivity contribution < 1.29 is 9.53 Å². The number of nitrogens with zero attached hydrogens (tertiary/aromatic N) is 2. The number of urea groups is 1. The summed E-state index contributed by atoms with van der Waals surface area (Å²) in [5, 5.41) is 2.99. The number of carbonyl (C=O) groups is 1. The van der Waals surface area contributed by atoms with Gasteiger partial charge in [-0.05, 0) is 43.0 Å². The molecule has 31 heavy (non-hydrogen) atoms. The second-order valence-electron chi connectivity index (χ2n) is 8.19. The number of fused-ring (bicyclic) bond motifs is 2. The molecule has 2 aliphatic rings. The molecule has 1 fully saturated rings. The summed E-state index contributed by atoms with van der Waals surface area (Å²) < 4.78 is 6.21. The lowest BCUT2D eigenvalue weighted by molar-refractivity contribution is -0.0755. The zero-order valence-electron chi connectivity index (χ0n) is 17.4. The van der Waals surface area contributed by atoms with Crippen molar-refractivity contribution in [2.45, 2.75) is 32.0 Å². The molecular weight excluding hydrogens is 392 g/mol. The number of piperidine rings is 1. The van der Waals surface area contributed by atoms with Crippen LogP contribution in [0.1, 0.15) is 29.8 Å². The molecule has 0 radical (unpaired) electrons. The summed E-state index contributed by atoms with van der Waals surface area (Å²) in [6, 6.07) is 17.0. The highest BCUT2D eigenvalue weighted by molar-refractivity contribution is 5.89. The van der Waals surface area contributed by atoms with Gasteiger partial charge in [0.2, 0.25) is 0 Å². The van der Waals surface area contributed by atoms with Crippen molar-refractivity contribution in [3.8, 4) is 11.3 Å². The van der Waals surface area contributed by atoms with Gasteiger partial charge >= 0.3 is 6.03 Å². The third kappa shape index (κ3) is 3.72. The fraction of sp³-hybridized carbons (Fsp3) is 0.292. The van der Waals surface area contributed by atoms with Crippen LogP contribution in [0, 0.1) is 6.92 Å². The topological polar surface area (TPSA) is 87.3 Å². The Morgan fingerprint density at radius 1 is 1.19 bits per heavy atom. The minimum Gasteiger partial charge on any atom is -0.364 e. The Bertz CT molecular complexity index is 1180. The van der Waals surface area contributed by atoms with E-state index in [9.17, 15) is 9.59 Å². The molecule has 158 valence electrons. The number of ether oxygens (including phenoxy) is 1. The second-order valence-corrected chi connectivity index (χ2v) is 8.19. The zero-order chi connectivity index (χ0) is 21.4. The molecule has 1 unspecified atom stereocenters. The molecule has 3 heterocycles. The van der Waals surface area contributed by atoms with Crippen LogP contribution in [0.25, 0.3) is 11.3 Å². The van der Waals surface area contributed by atoms with Crippen molar-refractivity contribution in [3.05, 3.63) is 81.9 Å². The Morgan fingerprint density at radius 3 is 2.81 bits per heavy atom. The summed E-state index contributed by atoms with van der Waals surface area (Å²) in [6.07, 6.45) is 1.82. The Hall–Kier alpha value is -3.45. The van der Waals surface area contributed by atoms with Crippen molar-refractivity contribution in [1.82, 2.24) is 14.9 Å². The quantitative estimate of drug-likeness (QED) is 0.665. The maximum absolute atomic E-state index is 13.0. The number of carbonyl (C=O) groups excluding carboxylic acids is 1. The number of aromatic nitrogens is 2. The molecule has 2 N–H and O–H groups in total. The number of anilines is 1. The highest BCUT2D eigenvalue weighted by Crippen LogP contribution is 2.42. The molecule has 1 saturated heterocycles. The molecule has 1 aromatic heterocycles. The summed E-state index contributed by atoms with van der Waals surface area (Å²) in [7, 11) is 0. The lowest BCUT2D eigenvalue weighted by Gasteiger charge is -2.40. The van der Waals surface area contributed by atoms with Crippen LogP contribution >= 0.6 is 0 Å². The molecule has 1 atom stereocenters. The summed E-state index contributed by atoms with van der Waals surface area (Å²) in [5.41, 5.74) is 3.95. The number of likely N-dealkylation sites (tertiary alicyclic amines) is 1. The van der Waals surface area contributed by atoms with Crippen LogP contribution in [0.3, 0.4) is 0 Å². The summed E-state index contributed by atoms with van der Waals surface area (Å²) in [4.78, 5) is 33.5. The summed E-state index contributed by atoms with van der Waals surface area (Å²) in [5.74, 6) is 0.564. The van der Waals surface area contributed by atoms with Gasteiger partial charge in [0.05, 0.1) is 18.8 Å². The van der Waals surface area contributed by atoms with Gasteiger partial charge in [-0.15, -0.1) is 0 Å². The van der Waals surface area contributed by atoms with Gasteiger partial charge in [0, 0.05) is 23.9 Å². The average molecular weight is 416 g/mol. The van der Waals surface area contributed by atoms with Crippen molar-refractivity contribution >= 4 is 11.7 Å². The first-order valence-corrected chi connectivity index (χ1v) is 10.5. The van der Waals surface area contributed by atoms with E-state index in [1.807, 2.05) is 41.3 Å². The summed E-state index contributed by atoms with van der Waals surface area (Å²) >= 11 is 0. The second kappa shape index (κ2) is 7.67. The Balaban J connectivity index is 1.30. The molecular formula is C24H24N4O3. The predicted molar refractivity (Wildman–Crippen MR) is 118 cm³/mol. The number of hydrogen-bond donors (Lipinski definition) is 2. The SMILES string of the molecule is Cc1nc(-c2ccc(NC(=O)N3CCCC4(C3)OCc3ccccc34)cc2)cc(=O)[nH]1. The van der Waals surface area contributed by atoms with E-state index in [0.717, 1.165) is 18.4 Å². The van der Waals surface area contributed by atoms with E-state index >= 15 is 0 Å². The predicted octanol–water partition coefficient (Wildman–Crippen LogP) is 3.80. The molecule has 3 aromatic rings. The largest absolute Gasteiger partial charge is 0.364 e.